The van der Waals surface area contributed by atoms with Crippen molar-refractivity contribution in [1.29, 1.82) is 0 Å². The molecule has 0 bridgehead atoms. The summed E-state index contributed by atoms with van der Waals surface area (Å²) in [6, 6.07) is 13.5. The van der Waals surface area contributed by atoms with Crippen molar-refractivity contribution in [3.8, 4) is 11.5 Å². The lowest BCUT2D eigenvalue weighted by Gasteiger charge is -2.12. The van der Waals surface area contributed by atoms with Gasteiger partial charge in [0.1, 0.15) is 11.5 Å². The third-order valence-electron chi connectivity index (χ3n) is 3.87. The molecule has 0 unspecified atom stereocenters. The van der Waals surface area contributed by atoms with Gasteiger partial charge in [-0.3, -0.25) is 25.8 Å². The van der Waals surface area contributed by atoms with Gasteiger partial charge in [-0.05, 0) is 55.0 Å². The first-order valence-corrected chi connectivity index (χ1v) is 10.3. The van der Waals surface area contributed by atoms with Crippen LogP contribution < -0.4 is 25.6 Å². The van der Waals surface area contributed by atoms with Crippen LogP contribution >= 0.6 is 23.8 Å². The fraction of sp³-hybridized carbons (Fsp3) is 0.286. The van der Waals surface area contributed by atoms with Crippen LogP contribution in [0.4, 0.5) is 0 Å². The second-order valence-corrected chi connectivity index (χ2v) is 7.07. The number of halogens is 1. The zero-order valence-electron chi connectivity index (χ0n) is 16.6. The van der Waals surface area contributed by atoms with E-state index in [2.05, 4.69) is 23.1 Å². The van der Waals surface area contributed by atoms with E-state index in [1.165, 1.54) is 0 Å². The van der Waals surface area contributed by atoms with Gasteiger partial charge in [0.25, 0.3) is 11.8 Å². The second kappa shape index (κ2) is 12.7. The second-order valence-electron chi connectivity index (χ2n) is 6.26. The first-order chi connectivity index (χ1) is 14.5. The summed E-state index contributed by atoms with van der Waals surface area (Å²) < 4.78 is 10.9. The van der Waals surface area contributed by atoms with Gasteiger partial charge in [-0.1, -0.05) is 43.5 Å². The number of benzene rings is 2. The maximum atomic E-state index is 12.2. The van der Waals surface area contributed by atoms with Crippen LogP contribution in [0.2, 0.25) is 5.02 Å². The van der Waals surface area contributed by atoms with Crippen LogP contribution in [0, 0.1) is 0 Å². The predicted molar refractivity (Wildman–Crippen MR) is 120 cm³/mol. The number of thiocarbonyl (C=S) groups is 1. The van der Waals surface area contributed by atoms with Gasteiger partial charge in [0.05, 0.1) is 11.6 Å². The van der Waals surface area contributed by atoms with Crippen LogP contribution in [0.25, 0.3) is 0 Å². The fourth-order valence-electron chi connectivity index (χ4n) is 2.32. The van der Waals surface area contributed by atoms with Crippen molar-refractivity contribution in [1.82, 2.24) is 16.2 Å². The molecule has 2 amide bonds. The average molecular weight is 450 g/mol. The highest BCUT2D eigenvalue weighted by Gasteiger charge is 2.10. The van der Waals surface area contributed by atoms with Crippen molar-refractivity contribution in [3.63, 3.8) is 0 Å². The molecule has 2 aromatic carbocycles. The fourth-order valence-corrected chi connectivity index (χ4v) is 2.65. The Morgan fingerprint density at radius 1 is 1.00 bits per heavy atom. The molecule has 160 valence electrons. The smallest absolute Gasteiger partial charge is 0.276 e. The summed E-state index contributed by atoms with van der Waals surface area (Å²) in [5.74, 6) is 0.194. The van der Waals surface area contributed by atoms with E-state index in [1.807, 2.05) is 0 Å². The first kappa shape index (κ1) is 23.4. The van der Waals surface area contributed by atoms with Crippen molar-refractivity contribution in [3.05, 3.63) is 59.1 Å². The summed E-state index contributed by atoms with van der Waals surface area (Å²) in [5.41, 5.74) is 5.20. The molecule has 3 N–H and O–H groups in total. The van der Waals surface area contributed by atoms with Crippen LogP contribution in [0.3, 0.4) is 0 Å². The third-order valence-corrected chi connectivity index (χ3v) is 4.39. The monoisotopic (exact) mass is 449 g/mol. The molecule has 0 fully saturated rings. The van der Waals surface area contributed by atoms with E-state index in [-0.39, 0.29) is 11.7 Å². The van der Waals surface area contributed by atoms with Crippen LogP contribution in [-0.2, 0) is 4.79 Å². The summed E-state index contributed by atoms with van der Waals surface area (Å²) >= 11 is 11.0. The molecule has 0 saturated carbocycles. The quantitative estimate of drug-likeness (QED) is 0.308. The number of ether oxygens (including phenoxy) is 2. The topological polar surface area (TPSA) is 88.7 Å². The largest absolute Gasteiger partial charge is 0.494 e. The van der Waals surface area contributed by atoms with E-state index < -0.39 is 11.8 Å². The summed E-state index contributed by atoms with van der Waals surface area (Å²) in [6.45, 7) is 2.51. The van der Waals surface area contributed by atoms with Gasteiger partial charge in [-0.25, -0.2) is 0 Å². The molecule has 0 aromatic heterocycles. The first-order valence-electron chi connectivity index (χ1n) is 9.50. The molecular formula is C21H24ClN3O4S. The molecule has 30 heavy (non-hydrogen) atoms. The lowest BCUT2D eigenvalue weighted by Crippen LogP contribution is -2.49. The van der Waals surface area contributed by atoms with Gasteiger partial charge in [0.15, 0.2) is 11.7 Å². The molecular weight excluding hydrogens is 426 g/mol. The summed E-state index contributed by atoms with van der Waals surface area (Å²) in [5, 5.41) is 2.83. The van der Waals surface area contributed by atoms with Crippen LogP contribution in [0.5, 0.6) is 11.5 Å². The Balaban J connectivity index is 1.70. The summed E-state index contributed by atoms with van der Waals surface area (Å²) in [7, 11) is 0. The lowest BCUT2D eigenvalue weighted by atomic mass is 10.2. The molecule has 0 atom stereocenters. The SMILES string of the molecule is CCCCCOc1ccc(C(=O)NC(=S)NNC(=O)COc2ccccc2Cl)cc1. The van der Waals surface area contributed by atoms with E-state index in [0.29, 0.717) is 28.7 Å². The maximum Gasteiger partial charge on any atom is 0.276 e. The number of hydrogen-bond donors (Lipinski definition) is 3. The highest BCUT2D eigenvalue weighted by atomic mass is 35.5. The number of carbonyl (C=O) groups excluding carboxylic acids is 2. The number of rotatable bonds is 9. The van der Waals surface area contributed by atoms with Crippen molar-refractivity contribution in [2.75, 3.05) is 13.2 Å². The number of carbonyl (C=O) groups is 2. The van der Waals surface area contributed by atoms with Gasteiger partial charge >= 0.3 is 0 Å². The maximum absolute atomic E-state index is 12.2. The minimum absolute atomic E-state index is 0.0500. The molecule has 9 heteroatoms. The molecule has 0 aliphatic heterocycles. The lowest BCUT2D eigenvalue weighted by molar-refractivity contribution is -0.123. The number of nitrogens with one attached hydrogen (secondary N) is 3. The van der Waals surface area contributed by atoms with E-state index >= 15 is 0 Å². The summed E-state index contributed by atoms with van der Waals surface area (Å²) in [4.78, 5) is 24.1. The van der Waals surface area contributed by atoms with Crippen LogP contribution in [0.15, 0.2) is 48.5 Å². The zero-order chi connectivity index (χ0) is 21.8. The van der Waals surface area contributed by atoms with Gasteiger partial charge in [-0.2, -0.15) is 0 Å². The predicted octanol–water partition coefficient (Wildman–Crippen LogP) is 3.62. The van der Waals surface area contributed by atoms with Crippen molar-refractivity contribution < 1.29 is 19.1 Å². The number of hydrazine groups is 1. The Morgan fingerprint density at radius 2 is 1.73 bits per heavy atom. The average Bonchev–Trinajstić information content (AvgIpc) is 2.75. The Labute approximate surface area is 186 Å². The van der Waals surface area contributed by atoms with Crippen LogP contribution in [0.1, 0.15) is 36.5 Å². The van der Waals surface area contributed by atoms with Gasteiger partial charge in [0, 0.05) is 5.56 Å². The van der Waals surface area contributed by atoms with Crippen molar-refractivity contribution in [2.45, 2.75) is 26.2 Å². The normalized spacial score (nSPS) is 10.1. The van der Waals surface area contributed by atoms with E-state index in [4.69, 9.17) is 33.3 Å². The van der Waals surface area contributed by atoms with E-state index in [1.54, 1.807) is 48.5 Å². The molecule has 0 saturated heterocycles. The minimum atomic E-state index is -0.490. The Bertz CT molecular complexity index is 862. The standard InChI is InChI=1S/C21H24ClN3O4S/c1-2-3-6-13-28-16-11-9-15(10-12-16)20(27)23-21(30)25-24-19(26)14-29-18-8-5-4-7-17(18)22/h4-5,7-12H,2-3,6,13-14H2,1H3,(H,24,26)(H2,23,25,27,30). The van der Waals surface area contributed by atoms with Crippen LogP contribution in [-0.4, -0.2) is 30.1 Å². The Hall–Kier alpha value is -2.84. The number of hydrogen-bond acceptors (Lipinski definition) is 5. The van der Waals surface area contributed by atoms with E-state index in [9.17, 15) is 9.59 Å². The highest BCUT2D eigenvalue weighted by Crippen LogP contribution is 2.22. The van der Waals surface area contributed by atoms with Gasteiger partial charge in [0.2, 0.25) is 0 Å². The van der Waals surface area contributed by atoms with E-state index in [0.717, 1.165) is 19.3 Å². The molecule has 0 aliphatic carbocycles. The number of para-hydroxylation sites is 1. The zero-order valence-corrected chi connectivity index (χ0v) is 18.1. The molecule has 0 aliphatic rings. The van der Waals surface area contributed by atoms with Gasteiger partial charge < -0.3 is 9.47 Å². The highest BCUT2D eigenvalue weighted by molar-refractivity contribution is 7.80. The molecule has 0 spiro atoms. The molecule has 0 radical (unpaired) electrons. The summed E-state index contributed by atoms with van der Waals surface area (Å²) in [6.07, 6.45) is 3.24. The third kappa shape index (κ3) is 8.26. The van der Waals surface area contributed by atoms with Crippen molar-refractivity contribution >= 4 is 40.7 Å². The Morgan fingerprint density at radius 3 is 2.43 bits per heavy atom. The number of unbranched alkanes of at least 4 members (excludes halogenated alkanes) is 2. The molecule has 0 heterocycles. The van der Waals surface area contributed by atoms with Gasteiger partial charge in [-0.15, -0.1) is 0 Å². The minimum Gasteiger partial charge on any atom is -0.494 e. The Kier molecular flexibility index (Phi) is 9.90. The molecule has 2 aromatic rings. The number of amides is 2. The van der Waals surface area contributed by atoms with Crippen molar-refractivity contribution in [2.24, 2.45) is 0 Å². The molecule has 7 nitrogen and oxygen atoms in total. The molecule has 2 rings (SSSR count).